The molecule has 1 heterocycles. The number of amides is 2. The molecule has 2 aromatic carbocycles. The number of thiazole rings is 1. The monoisotopic (exact) mass is 362 g/mol. The molecule has 1 aromatic heterocycles. The van der Waals surface area contributed by atoms with Crippen molar-refractivity contribution in [2.75, 3.05) is 10.6 Å². The van der Waals surface area contributed by atoms with E-state index in [-0.39, 0.29) is 5.02 Å². The summed E-state index contributed by atoms with van der Waals surface area (Å²) < 4.78 is 0.884. The number of hydrogen-bond acceptors (Lipinski definition) is 4. The number of carbonyl (C=O) groups excluding carboxylic acids is 1. The molecular formula is C15H8Cl2N4OS. The van der Waals surface area contributed by atoms with E-state index in [9.17, 15) is 4.79 Å². The lowest BCUT2D eigenvalue weighted by Crippen LogP contribution is -2.19. The van der Waals surface area contributed by atoms with E-state index < -0.39 is 6.03 Å². The third-order valence-electron chi connectivity index (χ3n) is 2.92. The highest BCUT2D eigenvalue weighted by molar-refractivity contribution is 7.22. The topological polar surface area (TPSA) is 77.8 Å². The minimum Gasteiger partial charge on any atom is -0.308 e. The Labute approximate surface area is 145 Å². The van der Waals surface area contributed by atoms with Gasteiger partial charge in [0.15, 0.2) is 5.13 Å². The fraction of sp³-hybridized carbons (Fsp3) is 0. The lowest BCUT2D eigenvalue weighted by atomic mass is 10.2. The van der Waals surface area contributed by atoms with E-state index in [0.717, 1.165) is 10.2 Å². The predicted octanol–water partition coefficient (Wildman–Crippen LogP) is 5.12. The van der Waals surface area contributed by atoms with Crippen LogP contribution in [0.25, 0.3) is 10.2 Å². The summed E-state index contributed by atoms with van der Waals surface area (Å²) in [4.78, 5) is 16.3. The van der Waals surface area contributed by atoms with Gasteiger partial charge in [-0.15, -0.1) is 0 Å². The molecule has 0 aliphatic heterocycles. The molecule has 0 spiro atoms. The summed E-state index contributed by atoms with van der Waals surface area (Å²) in [5.74, 6) is 0. The molecule has 0 bridgehead atoms. The molecule has 3 aromatic rings. The molecule has 0 unspecified atom stereocenters. The van der Waals surface area contributed by atoms with Gasteiger partial charge in [0.1, 0.15) is 6.07 Å². The Bertz CT molecular complexity index is 948. The van der Waals surface area contributed by atoms with Crippen molar-refractivity contribution in [1.82, 2.24) is 4.98 Å². The highest BCUT2D eigenvalue weighted by atomic mass is 35.5. The van der Waals surface area contributed by atoms with Crippen molar-refractivity contribution in [3.05, 3.63) is 52.0 Å². The molecule has 23 heavy (non-hydrogen) atoms. The quantitative estimate of drug-likeness (QED) is 0.663. The van der Waals surface area contributed by atoms with Gasteiger partial charge in [-0.05, 0) is 36.4 Å². The molecular weight excluding hydrogens is 355 g/mol. The maximum atomic E-state index is 12.0. The van der Waals surface area contributed by atoms with Crippen molar-refractivity contribution < 1.29 is 4.79 Å². The number of nitrogens with one attached hydrogen (secondary N) is 2. The normalized spacial score (nSPS) is 10.3. The average molecular weight is 363 g/mol. The molecule has 2 amide bonds. The first-order valence-corrected chi connectivity index (χ1v) is 7.96. The number of hydrogen-bond donors (Lipinski definition) is 2. The molecule has 5 nitrogen and oxygen atoms in total. The first-order valence-electron chi connectivity index (χ1n) is 6.39. The van der Waals surface area contributed by atoms with Gasteiger partial charge in [0.2, 0.25) is 0 Å². The molecule has 3 rings (SSSR count). The fourth-order valence-electron chi connectivity index (χ4n) is 1.89. The number of nitrogens with zero attached hydrogens (tertiary/aromatic N) is 2. The van der Waals surface area contributed by atoms with Crippen LogP contribution in [0.5, 0.6) is 0 Å². The van der Waals surface area contributed by atoms with Gasteiger partial charge in [-0.3, -0.25) is 5.32 Å². The third kappa shape index (κ3) is 3.54. The van der Waals surface area contributed by atoms with Crippen molar-refractivity contribution in [2.45, 2.75) is 0 Å². The lowest BCUT2D eigenvalue weighted by molar-refractivity contribution is 0.262. The zero-order valence-corrected chi connectivity index (χ0v) is 13.8. The molecule has 0 atom stereocenters. The molecule has 8 heteroatoms. The van der Waals surface area contributed by atoms with Crippen LogP contribution in [0.3, 0.4) is 0 Å². The Hall–Kier alpha value is -2.33. The van der Waals surface area contributed by atoms with Crippen LogP contribution in [-0.2, 0) is 0 Å². The number of fused-ring (bicyclic) bond motifs is 1. The summed E-state index contributed by atoms with van der Waals surface area (Å²) in [6.07, 6.45) is 0. The number of rotatable bonds is 2. The molecule has 114 valence electrons. The van der Waals surface area contributed by atoms with E-state index in [1.165, 1.54) is 23.5 Å². The number of carbonyl (C=O) groups is 1. The van der Waals surface area contributed by atoms with Crippen molar-refractivity contribution in [3.63, 3.8) is 0 Å². The fourth-order valence-corrected chi connectivity index (χ4v) is 3.25. The Morgan fingerprint density at radius 1 is 1.17 bits per heavy atom. The first kappa shape index (κ1) is 15.6. The van der Waals surface area contributed by atoms with Gasteiger partial charge >= 0.3 is 6.03 Å². The number of benzene rings is 2. The van der Waals surface area contributed by atoms with E-state index >= 15 is 0 Å². The molecule has 0 radical (unpaired) electrons. The van der Waals surface area contributed by atoms with Crippen LogP contribution >= 0.6 is 34.5 Å². The van der Waals surface area contributed by atoms with E-state index in [2.05, 4.69) is 15.6 Å². The summed E-state index contributed by atoms with van der Waals surface area (Å²) in [6.45, 7) is 0. The van der Waals surface area contributed by atoms with Crippen LogP contribution in [0.2, 0.25) is 10.0 Å². The number of aromatic nitrogens is 1. The Morgan fingerprint density at radius 2 is 2.00 bits per heavy atom. The van der Waals surface area contributed by atoms with Gasteiger partial charge in [0.05, 0.1) is 20.8 Å². The SMILES string of the molecule is N#Cc1ccc(NC(=O)Nc2nc3ccc(Cl)cc3s2)cc1Cl. The van der Waals surface area contributed by atoms with E-state index in [1.807, 2.05) is 6.07 Å². The van der Waals surface area contributed by atoms with Crippen LogP contribution in [0.15, 0.2) is 36.4 Å². The molecule has 0 aliphatic rings. The standard InChI is InChI=1S/C15H8Cl2N4OS/c16-9-2-4-12-13(5-9)23-15(20-12)21-14(22)19-10-3-1-8(7-18)11(17)6-10/h1-6H,(H2,19,20,21,22). The summed E-state index contributed by atoms with van der Waals surface area (Å²) in [5.41, 5.74) is 1.59. The van der Waals surface area contributed by atoms with Gasteiger partial charge < -0.3 is 5.32 Å². The van der Waals surface area contributed by atoms with E-state index in [0.29, 0.717) is 21.4 Å². The van der Waals surface area contributed by atoms with E-state index in [1.54, 1.807) is 24.3 Å². The zero-order valence-electron chi connectivity index (χ0n) is 11.4. The Kier molecular flexibility index (Phi) is 4.35. The van der Waals surface area contributed by atoms with Crippen LogP contribution in [0.4, 0.5) is 15.6 Å². The van der Waals surface area contributed by atoms with Crippen LogP contribution in [0, 0.1) is 11.3 Å². The molecule has 2 N–H and O–H groups in total. The predicted molar refractivity (Wildman–Crippen MR) is 93.4 cm³/mol. The first-order chi connectivity index (χ1) is 11.0. The summed E-state index contributed by atoms with van der Waals surface area (Å²) in [7, 11) is 0. The summed E-state index contributed by atoms with van der Waals surface area (Å²) in [5, 5.41) is 15.5. The lowest BCUT2D eigenvalue weighted by Gasteiger charge is -2.06. The summed E-state index contributed by atoms with van der Waals surface area (Å²) >= 11 is 13.2. The Morgan fingerprint density at radius 3 is 2.74 bits per heavy atom. The smallest absolute Gasteiger partial charge is 0.308 e. The van der Waals surface area contributed by atoms with Crippen molar-refractivity contribution in [2.24, 2.45) is 0 Å². The second-order valence-electron chi connectivity index (χ2n) is 4.52. The number of anilines is 2. The average Bonchev–Trinajstić information content (AvgIpc) is 2.88. The third-order valence-corrected chi connectivity index (χ3v) is 4.40. The van der Waals surface area contributed by atoms with Gasteiger partial charge in [0, 0.05) is 10.7 Å². The highest BCUT2D eigenvalue weighted by Gasteiger charge is 2.09. The highest BCUT2D eigenvalue weighted by Crippen LogP contribution is 2.28. The number of nitriles is 1. The maximum absolute atomic E-state index is 12.0. The second-order valence-corrected chi connectivity index (χ2v) is 6.39. The van der Waals surface area contributed by atoms with Crippen LogP contribution in [-0.4, -0.2) is 11.0 Å². The van der Waals surface area contributed by atoms with Crippen molar-refractivity contribution >= 4 is 61.6 Å². The van der Waals surface area contributed by atoms with E-state index in [4.69, 9.17) is 28.5 Å². The minimum absolute atomic E-state index is 0.278. The van der Waals surface area contributed by atoms with Crippen LogP contribution < -0.4 is 10.6 Å². The molecule has 0 saturated heterocycles. The zero-order chi connectivity index (χ0) is 16.4. The van der Waals surface area contributed by atoms with Crippen molar-refractivity contribution in [1.29, 1.82) is 5.26 Å². The van der Waals surface area contributed by atoms with Gasteiger partial charge in [0.25, 0.3) is 0 Å². The number of halogens is 2. The second kappa shape index (κ2) is 6.42. The molecule has 0 fully saturated rings. The minimum atomic E-state index is -0.448. The van der Waals surface area contributed by atoms with Crippen LogP contribution in [0.1, 0.15) is 5.56 Å². The maximum Gasteiger partial charge on any atom is 0.325 e. The summed E-state index contributed by atoms with van der Waals surface area (Å²) in [6, 6.07) is 11.5. The Balaban J connectivity index is 1.73. The van der Waals surface area contributed by atoms with Gasteiger partial charge in [-0.25, -0.2) is 9.78 Å². The largest absolute Gasteiger partial charge is 0.325 e. The van der Waals surface area contributed by atoms with Gasteiger partial charge in [-0.2, -0.15) is 5.26 Å². The molecule has 0 saturated carbocycles. The van der Waals surface area contributed by atoms with Gasteiger partial charge in [-0.1, -0.05) is 34.5 Å². The number of urea groups is 1. The van der Waals surface area contributed by atoms with Crippen molar-refractivity contribution in [3.8, 4) is 6.07 Å². The molecule has 0 aliphatic carbocycles.